The SMILES string of the molecule is Cc1ccc(N(C)/N=C(\C=C\NC(=O)Nc2ccc(-c3ccc(CN4CCOCC4)nc3)c3ccccc23)C(C)C)cc1. The van der Waals surface area contributed by atoms with Crippen molar-refractivity contribution in [1.29, 1.82) is 0 Å². The Kier molecular flexibility index (Phi) is 9.81. The summed E-state index contributed by atoms with van der Waals surface area (Å²) in [6.45, 7) is 10.5. The van der Waals surface area contributed by atoms with Gasteiger partial charge in [-0.05, 0) is 54.1 Å². The monoisotopic (exact) mass is 576 g/mol. The molecule has 1 saturated heterocycles. The average Bonchev–Trinajstić information content (AvgIpc) is 3.02. The van der Waals surface area contributed by atoms with E-state index in [1.54, 1.807) is 6.20 Å². The van der Waals surface area contributed by atoms with Gasteiger partial charge in [0.15, 0.2) is 0 Å². The molecule has 0 aliphatic carbocycles. The van der Waals surface area contributed by atoms with Gasteiger partial charge in [0.05, 0.1) is 36.0 Å². The van der Waals surface area contributed by atoms with Gasteiger partial charge in [-0.15, -0.1) is 0 Å². The molecule has 222 valence electrons. The molecule has 43 heavy (non-hydrogen) atoms. The van der Waals surface area contributed by atoms with E-state index in [-0.39, 0.29) is 11.9 Å². The normalized spacial score (nSPS) is 14.4. The van der Waals surface area contributed by atoms with Crippen molar-refractivity contribution in [3.8, 4) is 11.1 Å². The number of allylic oxidation sites excluding steroid dienone is 1. The van der Waals surface area contributed by atoms with E-state index >= 15 is 0 Å². The number of amides is 2. The fourth-order valence-electron chi connectivity index (χ4n) is 5.02. The maximum Gasteiger partial charge on any atom is 0.323 e. The van der Waals surface area contributed by atoms with Crippen LogP contribution in [0.2, 0.25) is 0 Å². The standard InChI is InChI=1S/C35H40N6O2/c1-25(2)33(39-40(4)29-13-9-26(3)10-14-29)17-18-36-35(42)38-34-16-15-30(31-7-5-6-8-32(31)34)27-11-12-28(37-23-27)24-41-19-21-43-22-20-41/h5-18,23,25H,19-22,24H2,1-4H3,(H2,36,38,42)/b18-17+,39-33+. The second kappa shape index (κ2) is 14.1. The fourth-order valence-corrected chi connectivity index (χ4v) is 5.02. The minimum Gasteiger partial charge on any atom is -0.379 e. The van der Waals surface area contributed by atoms with Crippen molar-refractivity contribution < 1.29 is 9.53 Å². The van der Waals surface area contributed by atoms with E-state index < -0.39 is 0 Å². The van der Waals surface area contributed by atoms with Crippen molar-refractivity contribution in [1.82, 2.24) is 15.2 Å². The Morgan fingerprint density at radius 1 is 1.02 bits per heavy atom. The van der Waals surface area contributed by atoms with Crippen LogP contribution in [-0.2, 0) is 11.3 Å². The van der Waals surface area contributed by atoms with Crippen molar-refractivity contribution >= 4 is 33.9 Å². The number of anilines is 2. The predicted molar refractivity (Wildman–Crippen MR) is 176 cm³/mol. The van der Waals surface area contributed by atoms with Crippen LogP contribution in [0.25, 0.3) is 21.9 Å². The average molecular weight is 577 g/mol. The van der Waals surface area contributed by atoms with Gasteiger partial charge in [0.25, 0.3) is 0 Å². The van der Waals surface area contributed by atoms with E-state index in [1.165, 1.54) is 5.56 Å². The second-order valence-corrected chi connectivity index (χ2v) is 11.1. The first-order valence-electron chi connectivity index (χ1n) is 14.8. The molecule has 0 bridgehead atoms. The summed E-state index contributed by atoms with van der Waals surface area (Å²) in [4.78, 5) is 20.0. The molecule has 2 N–H and O–H groups in total. The molecule has 0 unspecified atom stereocenters. The van der Waals surface area contributed by atoms with Crippen molar-refractivity contribution in [2.75, 3.05) is 43.7 Å². The molecule has 1 aliphatic rings. The van der Waals surface area contributed by atoms with Crippen LogP contribution in [0.1, 0.15) is 25.1 Å². The predicted octanol–water partition coefficient (Wildman–Crippen LogP) is 6.83. The number of aryl methyl sites for hydroxylation is 1. The van der Waals surface area contributed by atoms with E-state index in [1.807, 2.05) is 66.8 Å². The van der Waals surface area contributed by atoms with E-state index in [0.717, 1.165) is 77.5 Å². The second-order valence-electron chi connectivity index (χ2n) is 11.1. The van der Waals surface area contributed by atoms with Gasteiger partial charge in [-0.1, -0.05) is 67.9 Å². The lowest BCUT2D eigenvalue weighted by atomic mass is 9.98. The number of morpholine rings is 1. The molecule has 0 radical (unpaired) electrons. The minimum atomic E-state index is -0.321. The summed E-state index contributed by atoms with van der Waals surface area (Å²) in [6.07, 6.45) is 5.41. The Bertz CT molecular complexity index is 1590. The zero-order valence-electron chi connectivity index (χ0n) is 25.4. The summed E-state index contributed by atoms with van der Waals surface area (Å²) in [6, 6.07) is 24.2. The number of benzene rings is 3. The molecule has 0 spiro atoms. The minimum absolute atomic E-state index is 0.174. The van der Waals surface area contributed by atoms with Gasteiger partial charge < -0.3 is 15.4 Å². The molecule has 1 fully saturated rings. The van der Waals surface area contributed by atoms with Crippen LogP contribution in [0.4, 0.5) is 16.2 Å². The third-order valence-corrected chi connectivity index (χ3v) is 7.53. The topological polar surface area (TPSA) is 82.1 Å². The molecule has 0 saturated carbocycles. The van der Waals surface area contributed by atoms with Crippen molar-refractivity contribution in [2.45, 2.75) is 27.3 Å². The number of hydrazone groups is 1. The van der Waals surface area contributed by atoms with Gasteiger partial charge in [-0.25, -0.2) is 4.79 Å². The van der Waals surface area contributed by atoms with E-state index in [2.05, 4.69) is 66.6 Å². The van der Waals surface area contributed by atoms with Crippen LogP contribution >= 0.6 is 0 Å². The smallest absolute Gasteiger partial charge is 0.323 e. The van der Waals surface area contributed by atoms with Crippen LogP contribution in [-0.4, -0.2) is 55.0 Å². The van der Waals surface area contributed by atoms with Gasteiger partial charge >= 0.3 is 6.03 Å². The van der Waals surface area contributed by atoms with E-state index in [0.29, 0.717) is 0 Å². The zero-order valence-corrected chi connectivity index (χ0v) is 25.4. The number of urea groups is 1. The molecule has 3 aromatic carbocycles. The Morgan fingerprint density at radius 2 is 1.77 bits per heavy atom. The highest BCUT2D eigenvalue weighted by Crippen LogP contribution is 2.33. The molecule has 1 aromatic heterocycles. The molecular formula is C35H40N6O2. The first-order chi connectivity index (χ1) is 20.9. The molecule has 1 aliphatic heterocycles. The summed E-state index contributed by atoms with van der Waals surface area (Å²) >= 11 is 0. The summed E-state index contributed by atoms with van der Waals surface area (Å²) in [5.41, 5.74) is 6.94. The Hall–Kier alpha value is -4.53. The van der Waals surface area contributed by atoms with Gasteiger partial charge in [0.1, 0.15) is 0 Å². The lowest BCUT2D eigenvalue weighted by Crippen LogP contribution is -2.35. The summed E-state index contributed by atoms with van der Waals surface area (Å²) in [7, 11) is 1.92. The van der Waals surface area contributed by atoms with Crippen molar-refractivity contribution in [3.63, 3.8) is 0 Å². The molecule has 2 heterocycles. The highest BCUT2D eigenvalue weighted by atomic mass is 16.5. The van der Waals surface area contributed by atoms with Gasteiger partial charge in [-0.3, -0.25) is 14.9 Å². The van der Waals surface area contributed by atoms with Gasteiger partial charge in [0, 0.05) is 50.0 Å². The largest absolute Gasteiger partial charge is 0.379 e. The van der Waals surface area contributed by atoms with Crippen LogP contribution in [0, 0.1) is 12.8 Å². The Morgan fingerprint density at radius 3 is 2.47 bits per heavy atom. The number of nitrogens with zero attached hydrogens (tertiary/aromatic N) is 4. The quantitative estimate of drug-likeness (QED) is 0.169. The van der Waals surface area contributed by atoms with Crippen LogP contribution < -0.4 is 15.6 Å². The lowest BCUT2D eigenvalue weighted by molar-refractivity contribution is 0.0336. The molecular weight excluding hydrogens is 536 g/mol. The zero-order chi connectivity index (χ0) is 30.2. The molecule has 2 amide bonds. The van der Waals surface area contributed by atoms with E-state index in [4.69, 9.17) is 14.8 Å². The first kappa shape index (κ1) is 29.9. The first-order valence-corrected chi connectivity index (χ1v) is 14.8. The number of aromatic nitrogens is 1. The van der Waals surface area contributed by atoms with Gasteiger partial charge in [0.2, 0.25) is 0 Å². The highest BCUT2D eigenvalue weighted by Gasteiger charge is 2.13. The number of fused-ring (bicyclic) bond motifs is 1. The number of carbonyl (C=O) groups excluding carboxylic acids is 1. The molecule has 5 rings (SSSR count). The number of hydrogen-bond acceptors (Lipinski definition) is 6. The molecule has 4 aromatic rings. The summed E-state index contributed by atoms with van der Waals surface area (Å²) in [5.74, 6) is 0.174. The van der Waals surface area contributed by atoms with Crippen LogP contribution in [0.15, 0.2) is 96.4 Å². The number of hydrogen-bond donors (Lipinski definition) is 2. The molecule has 8 nitrogen and oxygen atoms in total. The number of rotatable bonds is 9. The third-order valence-electron chi connectivity index (χ3n) is 7.53. The molecule has 8 heteroatoms. The van der Waals surface area contributed by atoms with E-state index in [9.17, 15) is 4.79 Å². The lowest BCUT2D eigenvalue weighted by Gasteiger charge is -2.26. The number of pyridine rings is 1. The van der Waals surface area contributed by atoms with Crippen molar-refractivity contribution in [2.24, 2.45) is 11.0 Å². The molecule has 0 atom stereocenters. The maximum absolute atomic E-state index is 12.9. The maximum atomic E-state index is 12.9. The van der Waals surface area contributed by atoms with Crippen molar-refractivity contribution in [3.05, 3.63) is 103 Å². The summed E-state index contributed by atoms with van der Waals surface area (Å²) < 4.78 is 5.45. The van der Waals surface area contributed by atoms with Gasteiger partial charge in [-0.2, -0.15) is 5.10 Å². The highest BCUT2D eigenvalue weighted by molar-refractivity contribution is 6.07. The summed E-state index contributed by atoms with van der Waals surface area (Å²) in [5, 5.41) is 14.5. The Balaban J connectivity index is 1.26. The van der Waals surface area contributed by atoms with Crippen LogP contribution in [0.3, 0.4) is 0 Å². The third kappa shape index (κ3) is 7.85. The number of ether oxygens (including phenoxy) is 1. The fraction of sp³-hybridized carbons (Fsp3) is 0.286. The number of nitrogens with one attached hydrogen (secondary N) is 2. The Labute approximate surface area is 254 Å². The number of carbonyl (C=O) groups is 1. The van der Waals surface area contributed by atoms with Crippen LogP contribution in [0.5, 0.6) is 0 Å².